The smallest absolute Gasteiger partial charge is 0.138 e. The number of aryl methyl sites for hydroxylation is 2. The minimum atomic E-state index is -0.769. The molecule has 102 valence electrons. The summed E-state index contributed by atoms with van der Waals surface area (Å²) in [4.78, 5) is 4.14. The van der Waals surface area contributed by atoms with Crippen LogP contribution in [0.3, 0.4) is 0 Å². The third-order valence-electron chi connectivity index (χ3n) is 2.96. The van der Waals surface area contributed by atoms with Crippen molar-refractivity contribution >= 4 is 0 Å². The SMILES string of the molecule is CCCn1ncnc1CC(O)c1cc(C)cc(F)c1. The summed E-state index contributed by atoms with van der Waals surface area (Å²) in [5.41, 5.74) is 1.37. The van der Waals surface area contributed by atoms with E-state index in [1.165, 1.54) is 18.5 Å². The summed E-state index contributed by atoms with van der Waals surface area (Å²) >= 11 is 0. The Balaban J connectivity index is 2.15. The van der Waals surface area contributed by atoms with Gasteiger partial charge in [0, 0.05) is 13.0 Å². The van der Waals surface area contributed by atoms with Crippen LogP contribution >= 0.6 is 0 Å². The third-order valence-corrected chi connectivity index (χ3v) is 2.96. The molecule has 0 aliphatic rings. The molecule has 1 aromatic heterocycles. The quantitative estimate of drug-likeness (QED) is 0.901. The fraction of sp³-hybridized carbons (Fsp3) is 0.429. The molecule has 0 saturated carbocycles. The standard InChI is InChI=1S/C14H18FN3O/c1-3-4-18-14(16-9-17-18)8-13(19)11-5-10(2)6-12(15)7-11/h5-7,9,13,19H,3-4,8H2,1-2H3. The van der Waals surface area contributed by atoms with E-state index in [9.17, 15) is 9.50 Å². The Morgan fingerprint density at radius 1 is 1.37 bits per heavy atom. The van der Waals surface area contributed by atoms with Crippen LogP contribution in [0.1, 0.15) is 36.4 Å². The van der Waals surface area contributed by atoms with E-state index in [0.29, 0.717) is 12.0 Å². The second-order valence-corrected chi connectivity index (χ2v) is 4.68. The molecule has 5 heteroatoms. The van der Waals surface area contributed by atoms with Crippen LogP contribution in [0.4, 0.5) is 4.39 Å². The molecule has 0 aliphatic heterocycles. The first kappa shape index (κ1) is 13.7. The van der Waals surface area contributed by atoms with E-state index in [-0.39, 0.29) is 5.82 Å². The lowest BCUT2D eigenvalue weighted by atomic mass is 10.0. The lowest BCUT2D eigenvalue weighted by Crippen LogP contribution is -2.10. The number of aromatic nitrogens is 3. The predicted octanol–water partition coefficient (Wildman–Crippen LogP) is 2.41. The molecule has 0 spiro atoms. The van der Waals surface area contributed by atoms with E-state index in [1.54, 1.807) is 17.7 Å². The summed E-state index contributed by atoms with van der Waals surface area (Å²) in [6, 6.07) is 4.59. The van der Waals surface area contributed by atoms with E-state index < -0.39 is 6.10 Å². The maximum absolute atomic E-state index is 13.3. The first-order valence-electron chi connectivity index (χ1n) is 6.42. The van der Waals surface area contributed by atoms with Crippen LogP contribution in [0, 0.1) is 12.7 Å². The molecule has 0 bridgehead atoms. The number of benzene rings is 1. The second kappa shape index (κ2) is 5.93. The number of rotatable bonds is 5. The first-order valence-corrected chi connectivity index (χ1v) is 6.42. The monoisotopic (exact) mass is 263 g/mol. The van der Waals surface area contributed by atoms with Crippen molar-refractivity contribution in [3.05, 3.63) is 47.3 Å². The van der Waals surface area contributed by atoms with Gasteiger partial charge in [0.05, 0.1) is 6.10 Å². The number of hydrogen-bond acceptors (Lipinski definition) is 3. The summed E-state index contributed by atoms with van der Waals surface area (Å²) in [5, 5.41) is 14.3. The zero-order chi connectivity index (χ0) is 13.8. The molecule has 1 unspecified atom stereocenters. The van der Waals surface area contributed by atoms with Gasteiger partial charge in [0.25, 0.3) is 0 Å². The van der Waals surface area contributed by atoms with Crippen LogP contribution in [0.5, 0.6) is 0 Å². The number of aliphatic hydroxyl groups is 1. The van der Waals surface area contributed by atoms with E-state index in [2.05, 4.69) is 17.0 Å². The average Bonchev–Trinajstić information content (AvgIpc) is 2.76. The van der Waals surface area contributed by atoms with E-state index in [4.69, 9.17) is 0 Å². The summed E-state index contributed by atoms with van der Waals surface area (Å²) < 4.78 is 15.1. The molecule has 0 radical (unpaired) electrons. The van der Waals surface area contributed by atoms with Crippen molar-refractivity contribution in [1.29, 1.82) is 0 Å². The molecule has 1 atom stereocenters. The van der Waals surface area contributed by atoms with Crippen LogP contribution in [0.25, 0.3) is 0 Å². The largest absolute Gasteiger partial charge is 0.388 e. The average molecular weight is 263 g/mol. The highest BCUT2D eigenvalue weighted by atomic mass is 19.1. The Bertz CT molecular complexity index is 533. The fourth-order valence-electron chi connectivity index (χ4n) is 2.09. The molecular formula is C14H18FN3O. The van der Waals surface area contributed by atoms with Crippen LogP contribution in [-0.2, 0) is 13.0 Å². The molecule has 0 aliphatic carbocycles. The Hall–Kier alpha value is -1.75. The van der Waals surface area contributed by atoms with Gasteiger partial charge in [0.15, 0.2) is 0 Å². The summed E-state index contributed by atoms with van der Waals surface area (Å²) in [5.74, 6) is 0.389. The van der Waals surface area contributed by atoms with Gasteiger partial charge in [0.2, 0.25) is 0 Å². The fourth-order valence-corrected chi connectivity index (χ4v) is 2.09. The molecule has 4 nitrogen and oxygen atoms in total. The van der Waals surface area contributed by atoms with Gasteiger partial charge in [-0.3, -0.25) is 4.68 Å². The zero-order valence-electron chi connectivity index (χ0n) is 11.2. The van der Waals surface area contributed by atoms with Crippen LogP contribution in [0.2, 0.25) is 0 Å². The van der Waals surface area contributed by atoms with Crippen molar-refractivity contribution in [2.45, 2.75) is 39.3 Å². The third kappa shape index (κ3) is 3.38. The molecule has 0 fully saturated rings. The van der Waals surface area contributed by atoms with Crippen molar-refractivity contribution in [1.82, 2.24) is 14.8 Å². The number of aliphatic hydroxyl groups excluding tert-OH is 1. The summed E-state index contributed by atoms with van der Waals surface area (Å²) in [6.45, 7) is 4.63. The highest BCUT2D eigenvalue weighted by Gasteiger charge is 2.14. The molecule has 0 amide bonds. The Labute approximate surface area is 111 Å². The minimum absolute atomic E-state index is 0.330. The predicted molar refractivity (Wildman–Crippen MR) is 70.1 cm³/mol. The molecule has 2 aromatic rings. The molecular weight excluding hydrogens is 245 g/mol. The van der Waals surface area contributed by atoms with Crippen molar-refractivity contribution in [3.8, 4) is 0 Å². The Morgan fingerprint density at radius 3 is 2.84 bits per heavy atom. The molecule has 1 N–H and O–H groups in total. The lowest BCUT2D eigenvalue weighted by molar-refractivity contribution is 0.173. The van der Waals surface area contributed by atoms with Gasteiger partial charge in [-0.15, -0.1) is 0 Å². The number of halogens is 1. The van der Waals surface area contributed by atoms with E-state index in [0.717, 1.165) is 24.4 Å². The van der Waals surface area contributed by atoms with Gasteiger partial charge in [-0.1, -0.05) is 13.0 Å². The highest BCUT2D eigenvalue weighted by molar-refractivity contribution is 5.25. The van der Waals surface area contributed by atoms with E-state index in [1.807, 2.05) is 0 Å². The molecule has 19 heavy (non-hydrogen) atoms. The van der Waals surface area contributed by atoms with Gasteiger partial charge in [-0.05, 0) is 36.6 Å². The molecule has 2 rings (SSSR count). The molecule has 0 saturated heterocycles. The Kier molecular flexibility index (Phi) is 4.27. The van der Waals surface area contributed by atoms with Gasteiger partial charge in [-0.2, -0.15) is 5.10 Å². The topological polar surface area (TPSA) is 50.9 Å². The van der Waals surface area contributed by atoms with Gasteiger partial charge in [0.1, 0.15) is 18.0 Å². The maximum Gasteiger partial charge on any atom is 0.138 e. The Morgan fingerprint density at radius 2 is 2.16 bits per heavy atom. The summed E-state index contributed by atoms with van der Waals surface area (Å²) in [7, 11) is 0. The van der Waals surface area contributed by atoms with Crippen LogP contribution in [0.15, 0.2) is 24.5 Å². The molecule has 1 heterocycles. The lowest BCUT2D eigenvalue weighted by Gasteiger charge is -2.12. The first-order chi connectivity index (χ1) is 9.10. The number of hydrogen-bond donors (Lipinski definition) is 1. The van der Waals surface area contributed by atoms with Crippen molar-refractivity contribution < 1.29 is 9.50 Å². The van der Waals surface area contributed by atoms with Crippen molar-refractivity contribution in [2.24, 2.45) is 0 Å². The van der Waals surface area contributed by atoms with Crippen LogP contribution in [-0.4, -0.2) is 19.9 Å². The minimum Gasteiger partial charge on any atom is -0.388 e. The van der Waals surface area contributed by atoms with Crippen molar-refractivity contribution in [3.63, 3.8) is 0 Å². The molecule has 1 aromatic carbocycles. The second-order valence-electron chi connectivity index (χ2n) is 4.68. The van der Waals surface area contributed by atoms with Crippen LogP contribution < -0.4 is 0 Å². The highest BCUT2D eigenvalue weighted by Crippen LogP contribution is 2.19. The normalized spacial score (nSPS) is 12.6. The van der Waals surface area contributed by atoms with Gasteiger partial charge in [-0.25, -0.2) is 9.37 Å². The maximum atomic E-state index is 13.3. The zero-order valence-corrected chi connectivity index (χ0v) is 11.2. The number of nitrogens with zero attached hydrogens (tertiary/aromatic N) is 3. The van der Waals surface area contributed by atoms with Crippen molar-refractivity contribution in [2.75, 3.05) is 0 Å². The van der Waals surface area contributed by atoms with Gasteiger partial charge >= 0.3 is 0 Å². The summed E-state index contributed by atoms with van der Waals surface area (Å²) in [6.07, 6.45) is 2.00. The van der Waals surface area contributed by atoms with E-state index >= 15 is 0 Å². The van der Waals surface area contributed by atoms with Gasteiger partial charge < -0.3 is 5.11 Å².